The summed E-state index contributed by atoms with van der Waals surface area (Å²) in [6.07, 6.45) is 9.43. The van der Waals surface area contributed by atoms with Crippen molar-refractivity contribution in [1.29, 1.82) is 0 Å². The Balaban J connectivity index is 1.25. The topological polar surface area (TPSA) is 78.5 Å². The number of rotatable bonds is 11. The van der Waals surface area contributed by atoms with Crippen LogP contribution in [0.2, 0.25) is 0 Å². The molecule has 0 bridgehead atoms. The molecule has 1 aromatic carbocycles. The van der Waals surface area contributed by atoms with Gasteiger partial charge in [0.25, 0.3) is 0 Å². The number of nitrogens with one attached hydrogen (secondary N) is 3. The predicted molar refractivity (Wildman–Crippen MR) is 135 cm³/mol. The quantitative estimate of drug-likeness (QED) is 0.346. The van der Waals surface area contributed by atoms with Gasteiger partial charge in [0.1, 0.15) is 6.61 Å². The first-order valence-electron chi connectivity index (χ1n) is 11.5. The molecule has 3 N–H and O–H groups in total. The molecule has 0 saturated carbocycles. The van der Waals surface area contributed by atoms with E-state index in [1.807, 2.05) is 54.6 Å². The summed E-state index contributed by atoms with van der Waals surface area (Å²) < 4.78 is 5.72. The highest BCUT2D eigenvalue weighted by Crippen LogP contribution is 2.15. The molecule has 3 rings (SSSR count). The Morgan fingerprint density at radius 1 is 1.03 bits per heavy atom. The van der Waals surface area contributed by atoms with Crippen molar-refractivity contribution in [2.24, 2.45) is 0 Å². The fourth-order valence-electron chi connectivity index (χ4n) is 3.52. The van der Waals surface area contributed by atoms with Gasteiger partial charge in [0, 0.05) is 31.9 Å². The maximum absolute atomic E-state index is 11.9. The number of likely N-dealkylation sites (tertiary alicyclic amines) is 1. The van der Waals surface area contributed by atoms with Crippen LogP contribution in [-0.4, -0.2) is 53.7 Å². The van der Waals surface area contributed by atoms with Gasteiger partial charge in [-0.25, -0.2) is 4.98 Å². The average molecular weight is 468 g/mol. The molecule has 7 nitrogen and oxygen atoms in total. The van der Waals surface area contributed by atoms with E-state index in [-0.39, 0.29) is 12.5 Å². The lowest BCUT2D eigenvalue weighted by Gasteiger charge is -2.26. The average Bonchev–Trinajstić information content (AvgIpc) is 2.85. The van der Waals surface area contributed by atoms with Crippen LogP contribution in [0.4, 0.5) is 0 Å². The van der Waals surface area contributed by atoms with Gasteiger partial charge in [-0.1, -0.05) is 42.8 Å². The lowest BCUT2D eigenvalue weighted by atomic mass is 10.1. The van der Waals surface area contributed by atoms with Gasteiger partial charge in [-0.3, -0.25) is 9.69 Å². The standard InChI is InChI=1S/C25H33N5O2S/c31-23(19-29-25(33)28-18-21-9-3-1-4-10-21)26-12-5-8-16-32-24-17-22(11-13-27-24)20-30-14-6-2-7-15-30/h1,3-5,8-11,13,17H,2,6-7,12,14-16,18-20H2,(H,26,31)(H2,28,29,33)/b8-5-. The zero-order valence-corrected chi connectivity index (χ0v) is 19.8. The second kappa shape index (κ2) is 14.2. The molecule has 0 unspecified atom stereocenters. The Bertz CT molecular complexity index is 901. The summed E-state index contributed by atoms with van der Waals surface area (Å²) in [5, 5.41) is 9.25. The van der Waals surface area contributed by atoms with Gasteiger partial charge in [0.2, 0.25) is 11.8 Å². The van der Waals surface area contributed by atoms with E-state index in [1.165, 1.54) is 37.9 Å². The van der Waals surface area contributed by atoms with Gasteiger partial charge in [-0.2, -0.15) is 0 Å². The molecule has 2 heterocycles. The molecule has 0 aliphatic carbocycles. The molecule has 8 heteroatoms. The lowest BCUT2D eigenvalue weighted by molar-refractivity contribution is -0.119. The molecule has 33 heavy (non-hydrogen) atoms. The van der Waals surface area contributed by atoms with Crippen LogP contribution in [0.1, 0.15) is 30.4 Å². The van der Waals surface area contributed by atoms with E-state index in [2.05, 4.69) is 25.8 Å². The number of piperidine rings is 1. The first-order chi connectivity index (χ1) is 16.2. The lowest BCUT2D eigenvalue weighted by Crippen LogP contribution is -2.41. The second-order valence-electron chi connectivity index (χ2n) is 7.95. The van der Waals surface area contributed by atoms with Gasteiger partial charge in [0.05, 0.1) is 6.54 Å². The Kier molecular flexibility index (Phi) is 10.6. The normalized spacial score (nSPS) is 14.1. The Morgan fingerprint density at radius 3 is 2.67 bits per heavy atom. The van der Waals surface area contributed by atoms with E-state index in [9.17, 15) is 4.79 Å². The summed E-state index contributed by atoms with van der Waals surface area (Å²) in [5.74, 6) is 0.496. The molecule has 2 aromatic rings. The van der Waals surface area contributed by atoms with E-state index < -0.39 is 0 Å². The number of carbonyl (C=O) groups excluding carboxylic acids is 1. The van der Waals surface area contributed by atoms with Crippen molar-refractivity contribution in [3.63, 3.8) is 0 Å². The minimum absolute atomic E-state index is 0.124. The van der Waals surface area contributed by atoms with E-state index in [1.54, 1.807) is 6.20 Å². The number of hydrogen-bond donors (Lipinski definition) is 3. The van der Waals surface area contributed by atoms with E-state index in [0.717, 1.165) is 12.1 Å². The highest BCUT2D eigenvalue weighted by atomic mass is 32.1. The van der Waals surface area contributed by atoms with Crippen LogP contribution in [0.25, 0.3) is 0 Å². The molecule has 1 aliphatic rings. The molecule has 1 fully saturated rings. The molecule has 1 amide bonds. The molecular formula is C25H33N5O2S. The summed E-state index contributed by atoms with van der Waals surface area (Å²) >= 11 is 5.20. The minimum Gasteiger partial charge on any atom is -0.473 e. The first-order valence-corrected chi connectivity index (χ1v) is 11.9. The van der Waals surface area contributed by atoms with Crippen LogP contribution in [0.3, 0.4) is 0 Å². The SMILES string of the molecule is O=C(CNC(=S)NCc1ccccc1)NC/C=C\COc1cc(CN2CCCCC2)ccn1. The largest absolute Gasteiger partial charge is 0.473 e. The molecule has 1 aromatic heterocycles. The predicted octanol–water partition coefficient (Wildman–Crippen LogP) is 2.78. The molecule has 176 valence electrons. The zero-order chi connectivity index (χ0) is 23.1. The number of aromatic nitrogens is 1. The highest BCUT2D eigenvalue weighted by Gasteiger charge is 2.10. The number of carbonyl (C=O) groups is 1. The van der Waals surface area contributed by atoms with Crippen LogP contribution >= 0.6 is 12.2 Å². The van der Waals surface area contributed by atoms with Crippen LogP contribution in [-0.2, 0) is 17.9 Å². The summed E-state index contributed by atoms with van der Waals surface area (Å²) in [6.45, 7) is 4.85. The van der Waals surface area contributed by atoms with Crippen molar-refractivity contribution in [3.05, 3.63) is 71.9 Å². The maximum atomic E-state index is 11.9. The summed E-state index contributed by atoms with van der Waals surface area (Å²) in [4.78, 5) is 18.7. The zero-order valence-electron chi connectivity index (χ0n) is 19.0. The molecule has 1 aliphatic heterocycles. The van der Waals surface area contributed by atoms with Gasteiger partial charge < -0.3 is 20.7 Å². The third kappa shape index (κ3) is 10.0. The fraction of sp³-hybridized carbons (Fsp3) is 0.400. The molecule has 0 radical (unpaired) electrons. The summed E-state index contributed by atoms with van der Waals surface area (Å²) in [7, 11) is 0. The second-order valence-corrected chi connectivity index (χ2v) is 8.36. The smallest absolute Gasteiger partial charge is 0.239 e. The number of thiocarbonyl (C=S) groups is 1. The number of hydrogen-bond acceptors (Lipinski definition) is 5. The molecule has 0 atom stereocenters. The van der Waals surface area contributed by atoms with Gasteiger partial charge in [-0.15, -0.1) is 0 Å². The van der Waals surface area contributed by atoms with Crippen molar-refractivity contribution in [1.82, 2.24) is 25.8 Å². The van der Waals surface area contributed by atoms with E-state index in [4.69, 9.17) is 17.0 Å². The highest BCUT2D eigenvalue weighted by molar-refractivity contribution is 7.80. The van der Waals surface area contributed by atoms with Crippen molar-refractivity contribution in [3.8, 4) is 5.88 Å². The van der Waals surface area contributed by atoms with Crippen molar-refractivity contribution < 1.29 is 9.53 Å². The summed E-state index contributed by atoms with van der Waals surface area (Å²) in [6, 6.07) is 14.0. The fourth-order valence-corrected chi connectivity index (χ4v) is 3.67. The molecular weight excluding hydrogens is 434 g/mol. The number of pyridine rings is 1. The first kappa shape index (κ1) is 24.7. The van der Waals surface area contributed by atoms with Crippen molar-refractivity contribution in [2.75, 3.05) is 32.8 Å². The van der Waals surface area contributed by atoms with E-state index >= 15 is 0 Å². The van der Waals surface area contributed by atoms with E-state index in [0.29, 0.717) is 30.7 Å². The van der Waals surface area contributed by atoms with Crippen LogP contribution in [0.15, 0.2) is 60.8 Å². The van der Waals surface area contributed by atoms with Crippen molar-refractivity contribution in [2.45, 2.75) is 32.4 Å². The van der Waals surface area contributed by atoms with Crippen LogP contribution < -0.4 is 20.7 Å². The van der Waals surface area contributed by atoms with Crippen LogP contribution in [0.5, 0.6) is 5.88 Å². The maximum Gasteiger partial charge on any atom is 0.239 e. The molecule has 0 spiro atoms. The van der Waals surface area contributed by atoms with Gasteiger partial charge >= 0.3 is 0 Å². The number of amides is 1. The third-order valence-corrected chi connectivity index (χ3v) is 5.56. The summed E-state index contributed by atoms with van der Waals surface area (Å²) in [5.41, 5.74) is 2.35. The van der Waals surface area contributed by atoms with Crippen molar-refractivity contribution >= 4 is 23.2 Å². The Morgan fingerprint density at radius 2 is 1.85 bits per heavy atom. The van der Waals surface area contributed by atoms with Crippen LogP contribution in [0, 0.1) is 0 Å². The number of benzene rings is 1. The van der Waals surface area contributed by atoms with Gasteiger partial charge in [0.15, 0.2) is 5.11 Å². The third-order valence-electron chi connectivity index (χ3n) is 5.27. The number of nitrogens with zero attached hydrogens (tertiary/aromatic N) is 2. The minimum atomic E-state index is -0.128. The van der Waals surface area contributed by atoms with Gasteiger partial charge in [-0.05, 0) is 61.4 Å². The number of ether oxygens (including phenoxy) is 1. The molecule has 1 saturated heterocycles. The Hall–Kier alpha value is -2.97. The Labute approximate surface area is 201 Å². The monoisotopic (exact) mass is 467 g/mol.